The first-order valence-corrected chi connectivity index (χ1v) is 4.11. The van der Waals surface area contributed by atoms with Crippen LogP contribution in [0.1, 0.15) is 19.3 Å². The number of carboxylic acids is 1. The van der Waals surface area contributed by atoms with Crippen molar-refractivity contribution < 1.29 is 9.90 Å². The summed E-state index contributed by atoms with van der Waals surface area (Å²) in [6.07, 6.45) is 3.08. The number of aliphatic carboxylic acids is 1. The number of hydrogen-bond donors (Lipinski definition) is 1. The van der Waals surface area contributed by atoms with Crippen LogP contribution in [0.3, 0.4) is 0 Å². The van der Waals surface area contributed by atoms with Gasteiger partial charge in [-0.3, -0.25) is 4.79 Å². The largest absolute Gasteiger partial charge is 0.481 e. The summed E-state index contributed by atoms with van der Waals surface area (Å²) in [5.74, 6) is 0.0956. The second kappa shape index (κ2) is 2.10. The molecule has 0 aliphatic heterocycles. The van der Waals surface area contributed by atoms with Gasteiger partial charge in [-0.2, -0.15) is 0 Å². The molecule has 0 spiro atoms. The van der Waals surface area contributed by atoms with Crippen LogP contribution in [0.25, 0.3) is 0 Å². The zero-order chi connectivity index (χ0) is 8.01. The Hall–Kier alpha value is -0.790. The molecule has 0 radical (unpaired) electrons. The molecule has 11 heavy (non-hydrogen) atoms. The number of rotatable bonds is 1. The highest BCUT2D eigenvalue weighted by Crippen LogP contribution is 2.51. The lowest BCUT2D eigenvalue weighted by Crippen LogP contribution is -2.20. The second-order valence-electron chi connectivity index (χ2n) is 3.64. The number of allylic oxidation sites excluding steroid dienone is 1. The molecule has 0 aromatic carbocycles. The third kappa shape index (κ3) is 0.817. The maximum absolute atomic E-state index is 10.7. The summed E-state index contributed by atoms with van der Waals surface area (Å²) in [6.45, 7) is 3.95. The number of carbonyl (C=O) groups is 1. The predicted octanol–water partition coefficient (Wildman–Crippen LogP) is 1.67. The first-order chi connectivity index (χ1) is 5.20. The minimum Gasteiger partial charge on any atom is -0.481 e. The Morgan fingerprint density at radius 3 is 2.55 bits per heavy atom. The van der Waals surface area contributed by atoms with Crippen LogP contribution in [0, 0.1) is 17.8 Å². The van der Waals surface area contributed by atoms with Gasteiger partial charge in [0.15, 0.2) is 0 Å². The van der Waals surface area contributed by atoms with Gasteiger partial charge in [0.25, 0.3) is 0 Å². The van der Waals surface area contributed by atoms with Crippen molar-refractivity contribution >= 4 is 5.97 Å². The maximum Gasteiger partial charge on any atom is 0.307 e. The van der Waals surface area contributed by atoms with Crippen LogP contribution >= 0.6 is 0 Å². The summed E-state index contributed by atoms with van der Waals surface area (Å²) in [5.41, 5.74) is 1.21. The molecule has 2 aliphatic carbocycles. The monoisotopic (exact) mass is 152 g/mol. The molecule has 2 rings (SSSR count). The fourth-order valence-corrected chi connectivity index (χ4v) is 2.53. The molecule has 0 aromatic rings. The number of fused-ring (bicyclic) bond motifs is 2. The van der Waals surface area contributed by atoms with Crippen molar-refractivity contribution in [3.05, 3.63) is 12.2 Å². The molecular formula is C9H12O2. The normalized spacial score (nSPS) is 41.5. The summed E-state index contributed by atoms with van der Waals surface area (Å²) < 4.78 is 0. The van der Waals surface area contributed by atoms with Crippen LogP contribution in [-0.4, -0.2) is 11.1 Å². The van der Waals surface area contributed by atoms with E-state index in [1.165, 1.54) is 12.0 Å². The van der Waals surface area contributed by atoms with E-state index in [9.17, 15) is 4.79 Å². The topological polar surface area (TPSA) is 37.3 Å². The minimum absolute atomic E-state index is 0.110. The standard InChI is InChI=1S/C9H12O2/c1-5-6-2-3-7(5)8(4-6)9(10)11/h6-8H,1-4H2,(H,10,11)/t6-,7-,8-/m1/s1. The van der Waals surface area contributed by atoms with E-state index in [0.717, 1.165) is 12.8 Å². The van der Waals surface area contributed by atoms with Crippen molar-refractivity contribution in [2.75, 3.05) is 0 Å². The summed E-state index contributed by atoms with van der Waals surface area (Å²) in [4.78, 5) is 10.7. The Kier molecular flexibility index (Phi) is 1.31. The van der Waals surface area contributed by atoms with Crippen LogP contribution in [0.15, 0.2) is 12.2 Å². The average Bonchev–Trinajstić information content (AvgIpc) is 2.46. The van der Waals surface area contributed by atoms with E-state index >= 15 is 0 Å². The van der Waals surface area contributed by atoms with E-state index in [1.807, 2.05) is 0 Å². The summed E-state index contributed by atoms with van der Waals surface area (Å²) >= 11 is 0. The Labute approximate surface area is 65.9 Å². The van der Waals surface area contributed by atoms with Gasteiger partial charge in [0.2, 0.25) is 0 Å². The third-order valence-corrected chi connectivity index (χ3v) is 3.17. The predicted molar refractivity (Wildman–Crippen MR) is 41.1 cm³/mol. The molecule has 3 atom stereocenters. The molecule has 0 unspecified atom stereocenters. The molecule has 2 saturated carbocycles. The third-order valence-electron chi connectivity index (χ3n) is 3.17. The van der Waals surface area contributed by atoms with Gasteiger partial charge in [-0.05, 0) is 31.1 Å². The molecule has 60 valence electrons. The van der Waals surface area contributed by atoms with Crippen molar-refractivity contribution in [1.29, 1.82) is 0 Å². The van der Waals surface area contributed by atoms with Crippen molar-refractivity contribution in [2.24, 2.45) is 17.8 Å². The second-order valence-corrected chi connectivity index (χ2v) is 3.64. The van der Waals surface area contributed by atoms with Gasteiger partial charge in [-0.15, -0.1) is 0 Å². The Morgan fingerprint density at radius 2 is 2.27 bits per heavy atom. The molecule has 2 bridgehead atoms. The molecule has 2 nitrogen and oxygen atoms in total. The van der Waals surface area contributed by atoms with Crippen molar-refractivity contribution in [3.8, 4) is 0 Å². The molecule has 0 heterocycles. The van der Waals surface area contributed by atoms with E-state index in [0.29, 0.717) is 11.8 Å². The van der Waals surface area contributed by atoms with Crippen LogP contribution in [-0.2, 0) is 4.79 Å². The van der Waals surface area contributed by atoms with Gasteiger partial charge < -0.3 is 5.11 Å². The average molecular weight is 152 g/mol. The molecule has 2 fully saturated rings. The summed E-state index contributed by atoms with van der Waals surface area (Å²) in [6, 6.07) is 0. The van der Waals surface area contributed by atoms with Crippen LogP contribution in [0.4, 0.5) is 0 Å². The highest BCUT2D eigenvalue weighted by molar-refractivity contribution is 5.72. The molecule has 2 heteroatoms. The van der Waals surface area contributed by atoms with Crippen LogP contribution < -0.4 is 0 Å². The zero-order valence-corrected chi connectivity index (χ0v) is 6.42. The lowest BCUT2D eigenvalue weighted by molar-refractivity contribution is -0.143. The maximum atomic E-state index is 10.7. The quantitative estimate of drug-likeness (QED) is 0.580. The first-order valence-electron chi connectivity index (χ1n) is 4.11. The molecular weight excluding hydrogens is 140 g/mol. The Bertz CT molecular complexity index is 220. The van der Waals surface area contributed by atoms with E-state index < -0.39 is 5.97 Å². The SMILES string of the molecule is C=C1[C@@H]2CC[C@H]1[C@H](C(=O)O)C2. The van der Waals surface area contributed by atoms with Crippen LogP contribution in [0.2, 0.25) is 0 Å². The highest BCUT2D eigenvalue weighted by atomic mass is 16.4. The van der Waals surface area contributed by atoms with Gasteiger partial charge in [0.1, 0.15) is 0 Å². The zero-order valence-electron chi connectivity index (χ0n) is 6.42. The summed E-state index contributed by atoms with van der Waals surface area (Å²) in [5, 5.41) is 8.81. The van der Waals surface area contributed by atoms with Crippen molar-refractivity contribution in [2.45, 2.75) is 19.3 Å². The van der Waals surface area contributed by atoms with Gasteiger partial charge in [0.05, 0.1) is 5.92 Å². The van der Waals surface area contributed by atoms with Gasteiger partial charge in [0, 0.05) is 0 Å². The molecule has 2 aliphatic rings. The van der Waals surface area contributed by atoms with E-state index in [-0.39, 0.29) is 5.92 Å². The minimum atomic E-state index is -0.627. The lowest BCUT2D eigenvalue weighted by Gasteiger charge is -2.15. The van der Waals surface area contributed by atoms with E-state index in [4.69, 9.17) is 5.11 Å². The number of hydrogen-bond acceptors (Lipinski definition) is 1. The molecule has 0 saturated heterocycles. The smallest absolute Gasteiger partial charge is 0.307 e. The van der Waals surface area contributed by atoms with Crippen molar-refractivity contribution in [1.82, 2.24) is 0 Å². The molecule has 0 amide bonds. The van der Waals surface area contributed by atoms with Gasteiger partial charge in [-0.25, -0.2) is 0 Å². The lowest BCUT2D eigenvalue weighted by atomic mass is 9.89. The Morgan fingerprint density at radius 1 is 1.55 bits per heavy atom. The Balaban J connectivity index is 2.21. The van der Waals surface area contributed by atoms with Crippen molar-refractivity contribution in [3.63, 3.8) is 0 Å². The first kappa shape index (κ1) is 6.89. The van der Waals surface area contributed by atoms with Gasteiger partial charge >= 0.3 is 5.97 Å². The molecule has 0 aromatic heterocycles. The summed E-state index contributed by atoms with van der Waals surface area (Å²) in [7, 11) is 0. The van der Waals surface area contributed by atoms with Crippen LogP contribution in [0.5, 0.6) is 0 Å². The van der Waals surface area contributed by atoms with E-state index in [1.54, 1.807) is 0 Å². The fraction of sp³-hybridized carbons (Fsp3) is 0.667. The number of carboxylic acid groups (broad SMARTS) is 1. The van der Waals surface area contributed by atoms with E-state index in [2.05, 4.69) is 6.58 Å². The van der Waals surface area contributed by atoms with Gasteiger partial charge in [-0.1, -0.05) is 12.2 Å². The fourth-order valence-electron chi connectivity index (χ4n) is 2.53. The highest BCUT2D eigenvalue weighted by Gasteiger charge is 2.45. The molecule has 1 N–H and O–H groups in total.